The van der Waals surface area contributed by atoms with Crippen LogP contribution in [-0.4, -0.2) is 37.5 Å². The zero-order chi connectivity index (χ0) is 13.9. The molecule has 3 rings (SSSR count). The van der Waals surface area contributed by atoms with Crippen LogP contribution in [0.15, 0.2) is 34.9 Å². The van der Waals surface area contributed by atoms with E-state index in [1.54, 1.807) is 6.26 Å². The largest absolute Gasteiger partial charge is 0.463 e. The molecule has 1 aromatic heterocycles. The molecule has 20 heavy (non-hydrogen) atoms. The van der Waals surface area contributed by atoms with Crippen LogP contribution in [0.3, 0.4) is 0 Å². The number of hydrogen-bond donors (Lipinski definition) is 1. The van der Waals surface area contributed by atoms with Gasteiger partial charge >= 0.3 is 0 Å². The predicted molar refractivity (Wildman–Crippen MR) is 78.8 cm³/mol. The molecule has 1 amide bonds. The Bertz CT molecular complexity index is 599. The van der Waals surface area contributed by atoms with E-state index in [9.17, 15) is 4.79 Å². The van der Waals surface area contributed by atoms with Gasteiger partial charge in [0, 0.05) is 19.0 Å². The van der Waals surface area contributed by atoms with Crippen LogP contribution < -0.4 is 5.32 Å². The van der Waals surface area contributed by atoms with Gasteiger partial charge in [-0.3, -0.25) is 4.79 Å². The molecule has 0 saturated carbocycles. The van der Waals surface area contributed by atoms with Crippen molar-refractivity contribution in [3.63, 3.8) is 0 Å². The van der Waals surface area contributed by atoms with Crippen LogP contribution in [0.2, 0.25) is 0 Å². The van der Waals surface area contributed by atoms with Crippen LogP contribution in [0.5, 0.6) is 0 Å². The van der Waals surface area contributed by atoms with E-state index in [0.717, 1.165) is 30.6 Å². The Hall–Kier alpha value is -1.81. The van der Waals surface area contributed by atoms with Gasteiger partial charge in [-0.1, -0.05) is 18.2 Å². The Morgan fingerprint density at radius 2 is 2.30 bits per heavy atom. The maximum absolute atomic E-state index is 12.5. The number of hydrogen-bond acceptors (Lipinski definition) is 3. The van der Waals surface area contributed by atoms with E-state index in [-0.39, 0.29) is 5.91 Å². The number of rotatable bonds is 3. The van der Waals surface area contributed by atoms with Crippen molar-refractivity contribution >= 4 is 16.9 Å². The first kappa shape index (κ1) is 13.2. The molecule has 1 aliphatic rings. The van der Waals surface area contributed by atoms with Crippen LogP contribution in [0.25, 0.3) is 11.0 Å². The van der Waals surface area contributed by atoms with Crippen molar-refractivity contribution in [1.82, 2.24) is 10.2 Å². The normalized spacial score (nSPS) is 19.1. The second kappa shape index (κ2) is 5.67. The highest BCUT2D eigenvalue weighted by Gasteiger charge is 2.21. The van der Waals surface area contributed by atoms with E-state index >= 15 is 0 Å². The van der Waals surface area contributed by atoms with Crippen molar-refractivity contribution in [1.29, 1.82) is 0 Å². The molecule has 1 atom stereocenters. The van der Waals surface area contributed by atoms with Gasteiger partial charge in [0.1, 0.15) is 11.8 Å². The zero-order valence-corrected chi connectivity index (χ0v) is 11.8. The summed E-state index contributed by atoms with van der Waals surface area (Å²) in [5, 5.41) is 4.28. The number of nitrogens with one attached hydrogen (secondary N) is 1. The van der Waals surface area contributed by atoms with Crippen LogP contribution in [-0.2, 0) is 0 Å². The minimum absolute atomic E-state index is 0.0422. The summed E-state index contributed by atoms with van der Waals surface area (Å²) in [6.45, 7) is 2.90. The minimum atomic E-state index is 0.0422. The van der Waals surface area contributed by atoms with E-state index < -0.39 is 0 Å². The fourth-order valence-electron chi connectivity index (χ4n) is 2.90. The monoisotopic (exact) mass is 272 g/mol. The Morgan fingerprint density at radius 1 is 1.45 bits per heavy atom. The summed E-state index contributed by atoms with van der Waals surface area (Å²) in [4.78, 5) is 14.4. The van der Waals surface area contributed by atoms with Crippen LogP contribution in [0.1, 0.15) is 23.2 Å². The van der Waals surface area contributed by atoms with Crippen LogP contribution in [0.4, 0.5) is 0 Å². The summed E-state index contributed by atoms with van der Waals surface area (Å²) in [7, 11) is 1.87. The Labute approximate surface area is 118 Å². The number of carbonyl (C=O) groups is 1. The maximum Gasteiger partial charge on any atom is 0.257 e. The fourth-order valence-corrected chi connectivity index (χ4v) is 2.90. The number of para-hydroxylation sites is 1. The standard InChI is InChI=1S/C16H20N2O2/c1-18(10-12-5-4-8-17-9-12)16(19)14-11-20-15-7-3-2-6-13(14)15/h2-3,6-7,11-12,17H,4-5,8-10H2,1H3. The summed E-state index contributed by atoms with van der Waals surface area (Å²) in [6.07, 6.45) is 3.96. The Balaban J connectivity index is 1.74. The minimum Gasteiger partial charge on any atom is -0.463 e. The quantitative estimate of drug-likeness (QED) is 0.933. The van der Waals surface area contributed by atoms with E-state index in [4.69, 9.17) is 4.42 Å². The van der Waals surface area contributed by atoms with E-state index in [0.29, 0.717) is 11.5 Å². The fraction of sp³-hybridized carbons (Fsp3) is 0.438. The molecule has 1 aromatic carbocycles. The zero-order valence-electron chi connectivity index (χ0n) is 11.8. The molecule has 2 aromatic rings. The molecule has 1 N–H and O–H groups in total. The van der Waals surface area contributed by atoms with Gasteiger partial charge in [-0.15, -0.1) is 0 Å². The highest BCUT2D eigenvalue weighted by molar-refractivity contribution is 6.05. The third-order valence-corrected chi connectivity index (χ3v) is 3.99. The summed E-state index contributed by atoms with van der Waals surface area (Å²) >= 11 is 0. The van der Waals surface area contributed by atoms with Crippen LogP contribution in [0, 0.1) is 5.92 Å². The van der Waals surface area contributed by atoms with Gasteiger partial charge in [-0.05, 0) is 37.9 Å². The van der Waals surface area contributed by atoms with Crippen LogP contribution >= 0.6 is 0 Å². The number of nitrogens with zero attached hydrogens (tertiary/aromatic N) is 1. The molecule has 0 spiro atoms. The molecule has 1 saturated heterocycles. The highest BCUT2D eigenvalue weighted by Crippen LogP contribution is 2.22. The van der Waals surface area contributed by atoms with Gasteiger partial charge in [0.2, 0.25) is 0 Å². The summed E-state index contributed by atoms with van der Waals surface area (Å²) < 4.78 is 5.45. The van der Waals surface area contributed by atoms with E-state index in [2.05, 4.69) is 5.32 Å². The number of benzene rings is 1. The number of amides is 1. The Kier molecular flexibility index (Phi) is 3.74. The SMILES string of the molecule is CN(CC1CCCNC1)C(=O)c1coc2ccccc12. The number of furan rings is 1. The van der Waals surface area contributed by atoms with Gasteiger partial charge in [0.05, 0.1) is 5.56 Å². The highest BCUT2D eigenvalue weighted by atomic mass is 16.3. The lowest BCUT2D eigenvalue weighted by molar-refractivity contribution is 0.0765. The van der Waals surface area contributed by atoms with Gasteiger partial charge in [-0.25, -0.2) is 0 Å². The summed E-state index contributed by atoms with van der Waals surface area (Å²) in [5.74, 6) is 0.594. The summed E-state index contributed by atoms with van der Waals surface area (Å²) in [6, 6.07) is 7.66. The smallest absolute Gasteiger partial charge is 0.257 e. The molecule has 1 fully saturated rings. The molecule has 4 heteroatoms. The van der Waals surface area contributed by atoms with Gasteiger partial charge < -0.3 is 14.6 Å². The second-order valence-electron chi connectivity index (χ2n) is 5.54. The van der Waals surface area contributed by atoms with Crippen molar-refractivity contribution in [3.05, 3.63) is 36.1 Å². The van der Waals surface area contributed by atoms with E-state index in [1.165, 1.54) is 12.8 Å². The average Bonchev–Trinajstić information content (AvgIpc) is 2.91. The third-order valence-electron chi connectivity index (χ3n) is 3.99. The van der Waals surface area contributed by atoms with Crippen molar-refractivity contribution in [2.24, 2.45) is 5.92 Å². The number of fused-ring (bicyclic) bond motifs is 1. The van der Waals surface area contributed by atoms with Gasteiger partial charge in [-0.2, -0.15) is 0 Å². The van der Waals surface area contributed by atoms with E-state index in [1.807, 2.05) is 36.2 Å². The lowest BCUT2D eigenvalue weighted by atomic mass is 9.99. The van der Waals surface area contributed by atoms with Gasteiger partial charge in [0.15, 0.2) is 0 Å². The molecule has 0 aliphatic carbocycles. The molecule has 1 aliphatic heterocycles. The molecule has 0 bridgehead atoms. The first-order valence-electron chi connectivity index (χ1n) is 7.18. The van der Waals surface area contributed by atoms with Crippen molar-refractivity contribution in [2.75, 3.05) is 26.7 Å². The molecule has 4 nitrogen and oxygen atoms in total. The van der Waals surface area contributed by atoms with Gasteiger partial charge in [0.25, 0.3) is 5.91 Å². The molecule has 2 heterocycles. The Morgan fingerprint density at radius 3 is 3.10 bits per heavy atom. The topological polar surface area (TPSA) is 45.5 Å². The molecule has 0 radical (unpaired) electrons. The number of carbonyl (C=O) groups excluding carboxylic acids is 1. The molecule has 106 valence electrons. The van der Waals surface area contributed by atoms with Crippen molar-refractivity contribution in [2.45, 2.75) is 12.8 Å². The first-order chi connectivity index (χ1) is 9.75. The maximum atomic E-state index is 12.5. The lowest BCUT2D eigenvalue weighted by Gasteiger charge is -2.27. The molecular weight excluding hydrogens is 252 g/mol. The summed E-state index contributed by atoms with van der Waals surface area (Å²) in [5.41, 5.74) is 1.43. The number of piperidine rings is 1. The molecule has 1 unspecified atom stereocenters. The predicted octanol–water partition coefficient (Wildman–Crippen LogP) is 2.50. The van der Waals surface area contributed by atoms with Crippen molar-refractivity contribution < 1.29 is 9.21 Å². The molecular formula is C16H20N2O2. The average molecular weight is 272 g/mol. The first-order valence-corrected chi connectivity index (χ1v) is 7.18. The van der Waals surface area contributed by atoms with Crippen molar-refractivity contribution in [3.8, 4) is 0 Å². The second-order valence-corrected chi connectivity index (χ2v) is 5.54. The third kappa shape index (κ3) is 2.56. The lowest BCUT2D eigenvalue weighted by Crippen LogP contribution is -2.39.